The van der Waals surface area contributed by atoms with E-state index in [1.54, 1.807) is 0 Å². The minimum Gasteiger partial charge on any atom is -0.321 e. The van der Waals surface area contributed by atoms with Gasteiger partial charge in [0, 0.05) is 16.5 Å². The third kappa shape index (κ3) is 2.53. The van der Waals surface area contributed by atoms with Crippen molar-refractivity contribution in [1.82, 2.24) is 20.2 Å². The largest absolute Gasteiger partial charge is 0.321 e. The smallest absolute Gasteiger partial charge is 0.263 e. The SMILES string of the molecule is O=c1[nH]c2ccccc2c(-c2ccccc2)c1Sc1ncn[nH]1. The van der Waals surface area contributed by atoms with Crippen molar-refractivity contribution in [3.8, 4) is 11.1 Å². The van der Waals surface area contributed by atoms with Crippen LogP contribution in [0.5, 0.6) is 0 Å². The van der Waals surface area contributed by atoms with Crippen LogP contribution in [0.1, 0.15) is 0 Å². The molecular weight excluding hydrogens is 308 g/mol. The lowest BCUT2D eigenvalue weighted by molar-refractivity contribution is 0.971. The van der Waals surface area contributed by atoms with E-state index in [1.165, 1.54) is 18.1 Å². The molecule has 0 saturated carbocycles. The van der Waals surface area contributed by atoms with E-state index in [0.717, 1.165) is 22.0 Å². The van der Waals surface area contributed by atoms with E-state index in [2.05, 4.69) is 20.2 Å². The highest BCUT2D eigenvalue weighted by Crippen LogP contribution is 2.36. The van der Waals surface area contributed by atoms with Crippen molar-refractivity contribution in [2.45, 2.75) is 10.1 Å². The molecule has 2 N–H and O–H groups in total. The number of para-hydroxylation sites is 1. The molecule has 0 aliphatic heterocycles. The normalized spacial score (nSPS) is 11.0. The minimum atomic E-state index is -0.135. The number of H-pyrrole nitrogens is 2. The maximum atomic E-state index is 12.6. The van der Waals surface area contributed by atoms with Crippen LogP contribution in [0.25, 0.3) is 22.0 Å². The molecule has 2 aromatic carbocycles. The number of aromatic amines is 2. The molecule has 2 aromatic heterocycles. The summed E-state index contributed by atoms with van der Waals surface area (Å²) in [5, 5.41) is 8.22. The van der Waals surface area contributed by atoms with Gasteiger partial charge >= 0.3 is 0 Å². The van der Waals surface area contributed by atoms with Crippen molar-refractivity contribution in [2.24, 2.45) is 0 Å². The topological polar surface area (TPSA) is 74.4 Å². The zero-order valence-corrected chi connectivity index (χ0v) is 12.8. The first-order chi connectivity index (χ1) is 11.3. The zero-order chi connectivity index (χ0) is 15.6. The van der Waals surface area contributed by atoms with Crippen LogP contribution in [0.3, 0.4) is 0 Å². The summed E-state index contributed by atoms with van der Waals surface area (Å²) in [5.41, 5.74) is 2.59. The molecule has 0 radical (unpaired) electrons. The number of nitrogens with zero attached hydrogens (tertiary/aromatic N) is 2. The van der Waals surface area contributed by atoms with Crippen LogP contribution >= 0.6 is 11.8 Å². The Morgan fingerprint density at radius 2 is 1.74 bits per heavy atom. The lowest BCUT2D eigenvalue weighted by atomic mass is 10.0. The second-order valence-electron chi connectivity index (χ2n) is 4.96. The Morgan fingerprint density at radius 1 is 0.957 bits per heavy atom. The van der Waals surface area contributed by atoms with Gasteiger partial charge in [-0.05, 0) is 23.4 Å². The van der Waals surface area contributed by atoms with Gasteiger partial charge in [0.1, 0.15) is 6.33 Å². The first kappa shape index (κ1) is 13.8. The lowest BCUT2D eigenvalue weighted by Gasteiger charge is -2.11. The van der Waals surface area contributed by atoms with Crippen molar-refractivity contribution in [2.75, 3.05) is 0 Å². The summed E-state index contributed by atoms with van der Waals surface area (Å²) in [6.07, 6.45) is 1.43. The Kier molecular flexibility index (Phi) is 3.44. The molecule has 4 rings (SSSR count). The molecule has 0 aliphatic rings. The van der Waals surface area contributed by atoms with Crippen LogP contribution in [0, 0.1) is 0 Å². The van der Waals surface area contributed by atoms with Crippen LogP contribution in [0.15, 0.2) is 75.8 Å². The van der Waals surface area contributed by atoms with Crippen molar-refractivity contribution < 1.29 is 0 Å². The number of fused-ring (bicyclic) bond motifs is 1. The fourth-order valence-electron chi connectivity index (χ4n) is 2.55. The van der Waals surface area contributed by atoms with Gasteiger partial charge in [-0.2, -0.15) is 5.10 Å². The summed E-state index contributed by atoms with van der Waals surface area (Å²) in [6.45, 7) is 0. The van der Waals surface area contributed by atoms with E-state index in [0.29, 0.717) is 10.1 Å². The molecule has 0 aliphatic carbocycles. The number of benzene rings is 2. The van der Waals surface area contributed by atoms with Crippen LogP contribution in [-0.4, -0.2) is 20.2 Å². The Hall–Kier alpha value is -2.86. The predicted molar refractivity (Wildman–Crippen MR) is 90.5 cm³/mol. The number of pyridine rings is 1. The lowest BCUT2D eigenvalue weighted by Crippen LogP contribution is -2.10. The Bertz CT molecular complexity index is 1010. The third-order valence-corrected chi connectivity index (χ3v) is 4.52. The van der Waals surface area contributed by atoms with Gasteiger partial charge in [-0.15, -0.1) is 0 Å². The number of rotatable bonds is 3. The summed E-state index contributed by atoms with van der Waals surface area (Å²) < 4.78 is 0. The maximum absolute atomic E-state index is 12.6. The van der Waals surface area contributed by atoms with E-state index in [-0.39, 0.29) is 5.56 Å². The van der Waals surface area contributed by atoms with E-state index in [4.69, 9.17) is 0 Å². The summed E-state index contributed by atoms with van der Waals surface area (Å²) in [6, 6.07) is 17.7. The maximum Gasteiger partial charge on any atom is 0.263 e. The molecule has 0 amide bonds. The predicted octanol–water partition coefficient (Wildman–Crippen LogP) is 3.46. The zero-order valence-electron chi connectivity index (χ0n) is 12.0. The van der Waals surface area contributed by atoms with Gasteiger partial charge in [0.2, 0.25) is 0 Å². The van der Waals surface area contributed by atoms with Crippen LogP contribution in [0.2, 0.25) is 0 Å². The van der Waals surface area contributed by atoms with Crippen LogP contribution < -0.4 is 5.56 Å². The molecule has 0 bridgehead atoms. The van der Waals surface area contributed by atoms with Gasteiger partial charge < -0.3 is 4.98 Å². The minimum absolute atomic E-state index is 0.135. The van der Waals surface area contributed by atoms with Gasteiger partial charge in [0.25, 0.3) is 5.56 Å². The molecule has 6 heteroatoms. The van der Waals surface area contributed by atoms with Crippen molar-refractivity contribution in [3.05, 3.63) is 71.3 Å². The second kappa shape index (κ2) is 5.73. The van der Waals surface area contributed by atoms with Crippen molar-refractivity contribution in [3.63, 3.8) is 0 Å². The first-order valence-corrected chi connectivity index (χ1v) is 7.88. The monoisotopic (exact) mass is 320 g/mol. The van der Waals surface area contributed by atoms with E-state index < -0.39 is 0 Å². The second-order valence-corrected chi connectivity index (χ2v) is 5.96. The Labute approximate surface area is 135 Å². The van der Waals surface area contributed by atoms with Gasteiger partial charge in [-0.1, -0.05) is 48.5 Å². The molecule has 2 heterocycles. The van der Waals surface area contributed by atoms with Gasteiger partial charge in [0.15, 0.2) is 5.16 Å². The number of hydrogen-bond acceptors (Lipinski definition) is 4. The molecule has 5 nitrogen and oxygen atoms in total. The first-order valence-electron chi connectivity index (χ1n) is 7.06. The fourth-order valence-corrected chi connectivity index (χ4v) is 3.42. The Morgan fingerprint density at radius 3 is 2.52 bits per heavy atom. The summed E-state index contributed by atoms with van der Waals surface area (Å²) >= 11 is 1.28. The molecule has 0 unspecified atom stereocenters. The van der Waals surface area contributed by atoms with Gasteiger partial charge in [0.05, 0.1) is 4.90 Å². The molecule has 112 valence electrons. The highest BCUT2D eigenvalue weighted by molar-refractivity contribution is 7.99. The average molecular weight is 320 g/mol. The van der Waals surface area contributed by atoms with E-state index in [9.17, 15) is 4.79 Å². The number of aromatic nitrogens is 4. The molecule has 23 heavy (non-hydrogen) atoms. The standard InChI is InChI=1S/C17H12N4OS/c22-16-15(23-17-18-10-19-21-17)14(11-6-2-1-3-7-11)12-8-4-5-9-13(12)20-16/h1-10H,(H,20,22)(H,18,19,21). The summed E-state index contributed by atoms with van der Waals surface area (Å²) in [4.78, 5) is 20.3. The van der Waals surface area contributed by atoms with Crippen molar-refractivity contribution >= 4 is 22.7 Å². The highest BCUT2D eigenvalue weighted by Gasteiger charge is 2.16. The van der Waals surface area contributed by atoms with Gasteiger partial charge in [-0.25, -0.2) is 4.98 Å². The average Bonchev–Trinajstić information content (AvgIpc) is 3.09. The third-order valence-electron chi connectivity index (χ3n) is 3.53. The molecule has 4 aromatic rings. The molecule has 0 spiro atoms. The van der Waals surface area contributed by atoms with E-state index >= 15 is 0 Å². The van der Waals surface area contributed by atoms with Crippen LogP contribution in [0.4, 0.5) is 0 Å². The molecule has 0 fully saturated rings. The highest BCUT2D eigenvalue weighted by atomic mass is 32.2. The fraction of sp³-hybridized carbons (Fsp3) is 0. The summed E-state index contributed by atoms with van der Waals surface area (Å²) in [7, 11) is 0. The number of nitrogens with one attached hydrogen (secondary N) is 2. The quantitative estimate of drug-likeness (QED) is 0.606. The molecule has 0 saturated heterocycles. The van der Waals surface area contributed by atoms with E-state index in [1.807, 2.05) is 54.6 Å². The van der Waals surface area contributed by atoms with Crippen molar-refractivity contribution in [1.29, 1.82) is 0 Å². The van der Waals surface area contributed by atoms with Crippen LogP contribution in [-0.2, 0) is 0 Å². The van der Waals surface area contributed by atoms with Gasteiger partial charge in [-0.3, -0.25) is 9.89 Å². The molecule has 0 atom stereocenters. The number of hydrogen-bond donors (Lipinski definition) is 2. The Balaban J connectivity index is 2.04. The summed E-state index contributed by atoms with van der Waals surface area (Å²) in [5.74, 6) is 0. The molecular formula is C17H12N4OS.